The Morgan fingerprint density at radius 1 is 1.14 bits per heavy atom. The van der Waals surface area contributed by atoms with E-state index in [4.69, 9.17) is 11.0 Å². The first kappa shape index (κ1) is 9.95. The first-order valence-corrected chi connectivity index (χ1v) is 5.70. The molecule has 14 heavy (non-hydrogen) atoms. The summed E-state index contributed by atoms with van der Waals surface area (Å²) < 4.78 is 0. The summed E-state index contributed by atoms with van der Waals surface area (Å²) in [6.07, 6.45) is 5.81. The molecule has 2 fully saturated rings. The van der Waals surface area contributed by atoms with Crippen LogP contribution in [0.15, 0.2) is 0 Å². The van der Waals surface area contributed by atoms with Crippen LogP contribution in [0.3, 0.4) is 0 Å². The van der Waals surface area contributed by atoms with E-state index in [2.05, 4.69) is 11.0 Å². The van der Waals surface area contributed by atoms with Crippen molar-refractivity contribution in [2.45, 2.75) is 44.2 Å². The number of piperidine rings is 1. The fourth-order valence-electron chi connectivity index (χ4n) is 2.78. The van der Waals surface area contributed by atoms with E-state index >= 15 is 0 Å². The first-order valence-electron chi connectivity index (χ1n) is 5.70. The highest BCUT2D eigenvalue weighted by Crippen LogP contribution is 2.26. The van der Waals surface area contributed by atoms with Gasteiger partial charge in [-0.15, -0.1) is 0 Å². The third kappa shape index (κ3) is 1.92. The molecule has 0 aromatic rings. The van der Waals surface area contributed by atoms with Gasteiger partial charge in [0.25, 0.3) is 0 Å². The molecule has 0 amide bonds. The molecule has 0 spiro atoms. The normalized spacial score (nSPS) is 35.7. The highest BCUT2D eigenvalue weighted by atomic mass is 15.2. The van der Waals surface area contributed by atoms with Crippen LogP contribution in [0.25, 0.3) is 0 Å². The van der Waals surface area contributed by atoms with Crippen LogP contribution in [-0.4, -0.2) is 30.1 Å². The maximum atomic E-state index is 8.80. The summed E-state index contributed by atoms with van der Waals surface area (Å²) in [4.78, 5) is 2.51. The molecule has 3 heteroatoms. The topological polar surface area (TPSA) is 53.0 Å². The number of rotatable bonds is 1. The largest absolute Gasteiger partial charge is 0.326 e. The molecule has 2 unspecified atom stereocenters. The molecule has 1 saturated heterocycles. The van der Waals surface area contributed by atoms with Crippen molar-refractivity contribution >= 4 is 0 Å². The molecular formula is C11H19N3. The van der Waals surface area contributed by atoms with Crippen molar-refractivity contribution in [1.82, 2.24) is 4.90 Å². The van der Waals surface area contributed by atoms with E-state index in [9.17, 15) is 0 Å². The molecule has 1 saturated carbocycles. The Bertz CT molecular complexity index is 225. The predicted octanol–water partition coefficient (Wildman–Crippen LogP) is 1.10. The number of nitrogens with zero attached hydrogens (tertiary/aromatic N) is 2. The molecule has 2 rings (SSSR count). The molecule has 0 aromatic heterocycles. The molecular weight excluding hydrogens is 174 g/mol. The van der Waals surface area contributed by atoms with Gasteiger partial charge in [0.05, 0.1) is 6.07 Å². The van der Waals surface area contributed by atoms with E-state index in [0.717, 1.165) is 25.9 Å². The second kappa shape index (κ2) is 4.29. The molecule has 1 heterocycles. The number of nitriles is 1. The molecule has 78 valence electrons. The van der Waals surface area contributed by atoms with E-state index in [1.54, 1.807) is 0 Å². The molecule has 3 nitrogen and oxygen atoms in total. The molecule has 1 aliphatic heterocycles. The average Bonchev–Trinajstić information content (AvgIpc) is 2.65. The van der Waals surface area contributed by atoms with Gasteiger partial charge in [-0.2, -0.15) is 5.26 Å². The van der Waals surface area contributed by atoms with Gasteiger partial charge in [-0.25, -0.2) is 0 Å². The van der Waals surface area contributed by atoms with E-state index < -0.39 is 0 Å². The van der Waals surface area contributed by atoms with Gasteiger partial charge in [0, 0.05) is 18.0 Å². The zero-order valence-electron chi connectivity index (χ0n) is 8.65. The van der Waals surface area contributed by atoms with Crippen molar-refractivity contribution in [2.75, 3.05) is 13.1 Å². The fraction of sp³-hybridized carbons (Fsp3) is 0.909. The summed E-state index contributed by atoms with van der Waals surface area (Å²) in [6.45, 7) is 2.16. The third-order valence-electron chi connectivity index (χ3n) is 3.71. The Morgan fingerprint density at radius 2 is 1.86 bits per heavy atom. The van der Waals surface area contributed by atoms with E-state index in [-0.39, 0.29) is 0 Å². The van der Waals surface area contributed by atoms with Gasteiger partial charge in [0.1, 0.15) is 0 Å². The predicted molar refractivity (Wildman–Crippen MR) is 55.5 cm³/mol. The highest BCUT2D eigenvalue weighted by molar-refractivity contribution is 4.93. The van der Waals surface area contributed by atoms with Gasteiger partial charge < -0.3 is 5.73 Å². The van der Waals surface area contributed by atoms with Gasteiger partial charge in [-0.1, -0.05) is 6.42 Å². The molecule has 0 radical (unpaired) electrons. The van der Waals surface area contributed by atoms with Gasteiger partial charge in [0.2, 0.25) is 0 Å². The van der Waals surface area contributed by atoms with Gasteiger partial charge in [-0.05, 0) is 38.8 Å². The van der Waals surface area contributed by atoms with Crippen LogP contribution in [0.5, 0.6) is 0 Å². The summed E-state index contributed by atoms with van der Waals surface area (Å²) in [6, 6.07) is 3.36. The highest BCUT2D eigenvalue weighted by Gasteiger charge is 2.31. The number of likely N-dealkylation sites (tertiary alicyclic amines) is 1. The van der Waals surface area contributed by atoms with Crippen LogP contribution < -0.4 is 5.73 Å². The first-order chi connectivity index (χ1) is 6.81. The van der Waals surface area contributed by atoms with E-state index in [0.29, 0.717) is 18.0 Å². The van der Waals surface area contributed by atoms with Crippen molar-refractivity contribution in [1.29, 1.82) is 5.26 Å². The molecule has 0 aromatic carbocycles. The second-order valence-electron chi connectivity index (χ2n) is 4.60. The lowest BCUT2D eigenvalue weighted by atomic mass is 9.96. The van der Waals surface area contributed by atoms with Crippen LogP contribution in [0, 0.1) is 17.2 Å². The smallest absolute Gasteiger partial charge is 0.0656 e. The van der Waals surface area contributed by atoms with Crippen LogP contribution in [0.2, 0.25) is 0 Å². The Balaban J connectivity index is 1.86. The summed E-state index contributed by atoms with van der Waals surface area (Å²) in [5.74, 6) is 0.295. The Labute approximate surface area is 85.9 Å². The second-order valence-corrected chi connectivity index (χ2v) is 4.60. The standard InChI is InChI=1S/C11H19N3/c12-8-9-4-6-14(7-5-9)11-3-1-2-10(11)13/h9-11H,1-7,13H2. The van der Waals surface area contributed by atoms with Crippen molar-refractivity contribution in [2.24, 2.45) is 11.7 Å². The van der Waals surface area contributed by atoms with Gasteiger partial charge in [-0.3, -0.25) is 4.90 Å². The average molecular weight is 193 g/mol. The Kier molecular flexibility index (Phi) is 3.05. The number of hydrogen-bond donors (Lipinski definition) is 1. The van der Waals surface area contributed by atoms with Crippen molar-refractivity contribution in [3.8, 4) is 6.07 Å². The maximum Gasteiger partial charge on any atom is 0.0656 e. The van der Waals surface area contributed by atoms with E-state index in [1.807, 2.05) is 0 Å². The lowest BCUT2D eigenvalue weighted by Crippen LogP contribution is -2.47. The molecule has 1 aliphatic carbocycles. The molecule has 2 N–H and O–H groups in total. The van der Waals surface area contributed by atoms with Crippen LogP contribution in [0.4, 0.5) is 0 Å². The third-order valence-corrected chi connectivity index (χ3v) is 3.71. The number of hydrogen-bond acceptors (Lipinski definition) is 3. The Morgan fingerprint density at radius 3 is 2.36 bits per heavy atom. The van der Waals surface area contributed by atoms with Crippen molar-refractivity contribution in [3.63, 3.8) is 0 Å². The lowest BCUT2D eigenvalue weighted by molar-refractivity contribution is 0.139. The summed E-state index contributed by atoms with van der Waals surface area (Å²) in [5, 5.41) is 8.80. The zero-order chi connectivity index (χ0) is 9.97. The molecule has 2 atom stereocenters. The minimum atomic E-state index is 0.295. The lowest BCUT2D eigenvalue weighted by Gasteiger charge is -2.35. The van der Waals surface area contributed by atoms with Crippen LogP contribution in [-0.2, 0) is 0 Å². The molecule has 2 aliphatic rings. The van der Waals surface area contributed by atoms with Crippen molar-refractivity contribution in [3.05, 3.63) is 0 Å². The van der Waals surface area contributed by atoms with Crippen LogP contribution in [0.1, 0.15) is 32.1 Å². The monoisotopic (exact) mass is 193 g/mol. The van der Waals surface area contributed by atoms with Crippen molar-refractivity contribution < 1.29 is 0 Å². The maximum absolute atomic E-state index is 8.80. The SMILES string of the molecule is N#CC1CCN(C2CCCC2N)CC1. The summed E-state index contributed by atoms with van der Waals surface area (Å²) >= 11 is 0. The minimum absolute atomic E-state index is 0.295. The molecule has 0 bridgehead atoms. The Hall–Kier alpha value is -0.590. The van der Waals surface area contributed by atoms with Gasteiger partial charge in [0.15, 0.2) is 0 Å². The summed E-state index contributed by atoms with van der Waals surface area (Å²) in [7, 11) is 0. The zero-order valence-corrected chi connectivity index (χ0v) is 8.65. The van der Waals surface area contributed by atoms with Gasteiger partial charge >= 0.3 is 0 Å². The quantitative estimate of drug-likeness (QED) is 0.678. The summed E-state index contributed by atoms with van der Waals surface area (Å²) in [5.41, 5.74) is 6.07. The van der Waals surface area contributed by atoms with E-state index in [1.165, 1.54) is 19.3 Å². The van der Waals surface area contributed by atoms with Crippen LogP contribution >= 0.6 is 0 Å². The minimum Gasteiger partial charge on any atom is -0.326 e. The fourth-order valence-corrected chi connectivity index (χ4v) is 2.78. The number of nitrogens with two attached hydrogens (primary N) is 1.